The van der Waals surface area contributed by atoms with Crippen molar-refractivity contribution in [1.29, 1.82) is 0 Å². The number of hydrogen-bond donors (Lipinski definition) is 3. The highest BCUT2D eigenvalue weighted by Gasteiger charge is 2.16. The van der Waals surface area contributed by atoms with E-state index in [2.05, 4.69) is 10.6 Å². The molecule has 0 aliphatic carbocycles. The third-order valence-electron chi connectivity index (χ3n) is 4.53. The molecule has 3 N–H and O–H groups in total. The summed E-state index contributed by atoms with van der Waals surface area (Å²) < 4.78 is 0. The minimum Gasteiger partial charge on any atom is -0.387 e. The monoisotopic (exact) mass is 394 g/mol. The maximum Gasteiger partial charge on any atom is 0.313 e. The second-order valence-electron chi connectivity index (χ2n) is 6.58. The van der Waals surface area contributed by atoms with Gasteiger partial charge in [-0.05, 0) is 59.7 Å². The zero-order chi connectivity index (χ0) is 20.1. The van der Waals surface area contributed by atoms with Gasteiger partial charge in [-0.25, -0.2) is 0 Å². The van der Waals surface area contributed by atoms with Crippen LogP contribution in [0.2, 0.25) is 0 Å². The van der Waals surface area contributed by atoms with E-state index in [1.54, 1.807) is 17.4 Å². The van der Waals surface area contributed by atoms with Gasteiger partial charge in [0.1, 0.15) is 0 Å². The summed E-state index contributed by atoms with van der Waals surface area (Å²) in [5.74, 6) is -1.55. The van der Waals surface area contributed by atoms with Crippen molar-refractivity contribution in [3.8, 4) is 10.4 Å². The number of rotatable bonds is 5. The van der Waals surface area contributed by atoms with Gasteiger partial charge < -0.3 is 15.7 Å². The first-order valence-electron chi connectivity index (χ1n) is 8.92. The second kappa shape index (κ2) is 8.82. The molecule has 1 unspecified atom stereocenters. The number of thiophene rings is 1. The van der Waals surface area contributed by atoms with Gasteiger partial charge in [-0.15, -0.1) is 11.3 Å². The van der Waals surface area contributed by atoms with E-state index in [0.717, 1.165) is 21.6 Å². The summed E-state index contributed by atoms with van der Waals surface area (Å²) in [6, 6.07) is 17.0. The van der Waals surface area contributed by atoms with Crippen LogP contribution in [0.15, 0.2) is 60.0 Å². The van der Waals surface area contributed by atoms with E-state index < -0.39 is 17.9 Å². The summed E-state index contributed by atoms with van der Waals surface area (Å²) in [6.45, 7) is 3.87. The molecule has 0 saturated heterocycles. The van der Waals surface area contributed by atoms with Crippen LogP contribution in [0.1, 0.15) is 22.8 Å². The molecule has 1 heterocycles. The first-order valence-corrected chi connectivity index (χ1v) is 9.80. The lowest BCUT2D eigenvalue weighted by atomic mass is 10.1. The molecule has 144 valence electrons. The molecule has 0 spiro atoms. The van der Waals surface area contributed by atoms with E-state index >= 15 is 0 Å². The molecule has 1 aromatic heterocycles. The molecule has 6 heteroatoms. The van der Waals surface area contributed by atoms with Gasteiger partial charge in [-0.1, -0.05) is 36.4 Å². The van der Waals surface area contributed by atoms with Crippen molar-refractivity contribution >= 4 is 28.8 Å². The third-order valence-corrected chi connectivity index (χ3v) is 5.45. The number of hydrogen-bond acceptors (Lipinski definition) is 4. The van der Waals surface area contributed by atoms with E-state index in [9.17, 15) is 14.7 Å². The molecule has 3 rings (SSSR count). The zero-order valence-corrected chi connectivity index (χ0v) is 16.5. The Balaban J connectivity index is 1.53. The predicted molar refractivity (Wildman–Crippen MR) is 112 cm³/mol. The summed E-state index contributed by atoms with van der Waals surface area (Å²) >= 11 is 1.65. The van der Waals surface area contributed by atoms with Gasteiger partial charge in [0.05, 0.1) is 6.10 Å². The van der Waals surface area contributed by atoms with Crippen LogP contribution in [0.4, 0.5) is 5.69 Å². The standard InChI is InChI=1S/C22H22N2O3S/c1-14-5-10-18(12-15(14)2)24-22(27)21(26)23-13-19(25)16-6-8-17(9-7-16)20-4-3-11-28-20/h3-12,19,25H,13H2,1-2H3,(H,23,26)(H,24,27). The number of nitrogens with one attached hydrogen (secondary N) is 2. The number of anilines is 1. The Bertz CT molecular complexity index is 966. The van der Waals surface area contributed by atoms with Gasteiger partial charge in [-0.3, -0.25) is 9.59 Å². The highest BCUT2D eigenvalue weighted by Crippen LogP contribution is 2.26. The summed E-state index contributed by atoms with van der Waals surface area (Å²) in [6.07, 6.45) is -0.893. The molecule has 2 amide bonds. The molecular formula is C22H22N2O3S. The van der Waals surface area contributed by atoms with Gasteiger partial charge in [0.15, 0.2) is 0 Å². The number of aryl methyl sites for hydroxylation is 2. The SMILES string of the molecule is Cc1ccc(NC(=O)C(=O)NCC(O)c2ccc(-c3cccs3)cc2)cc1C. The Morgan fingerprint density at radius 1 is 1.00 bits per heavy atom. The molecule has 3 aromatic rings. The van der Waals surface area contributed by atoms with Crippen molar-refractivity contribution in [2.75, 3.05) is 11.9 Å². The van der Waals surface area contributed by atoms with Crippen molar-refractivity contribution in [3.63, 3.8) is 0 Å². The molecule has 0 aliphatic heterocycles. The van der Waals surface area contributed by atoms with E-state index in [1.165, 1.54) is 0 Å². The average Bonchev–Trinajstić information content (AvgIpc) is 3.23. The largest absolute Gasteiger partial charge is 0.387 e. The van der Waals surface area contributed by atoms with Crippen LogP contribution in [0.25, 0.3) is 10.4 Å². The second-order valence-corrected chi connectivity index (χ2v) is 7.53. The summed E-state index contributed by atoms with van der Waals surface area (Å²) in [4.78, 5) is 25.2. The van der Waals surface area contributed by atoms with Gasteiger partial charge in [0.25, 0.3) is 0 Å². The Morgan fingerprint density at radius 3 is 2.39 bits per heavy atom. The summed E-state index contributed by atoms with van der Waals surface area (Å²) in [5.41, 5.74) is 4.45. The highest BCUT2D eigenvalue weighted by atomic mass is 32.1. The summed E-state index contributed by atoms with van der Waals surface area (Å²) in [7, 11) is 0. The van der Waals surface area contributed by atoms with E-state index in [-0.39, 0.29) is 6.54 Å². The average molecular weight is 394 g/mol. The maximum atomic E-state index is 12.0. The normalized spacial score (nSPS) is 11.7. The van der Waals surface area contributed by atoms with Gasteiger partial charge in [0, 0.05) is 17.1 Å². The fourth-order valence-corrected chi connectivity index (χ4v) is 3.44. The van der Waals surface area contributed by atoms with Crippen molar-refractivity contribution in [1.82, 2.24) is 5.32 Å². The van der Waals surface area contributed by atoms with Crippen LogP contribution >= 0.6 is 11.3 Å². The fourth-order valence-electron chi connectivity index (χ4n) is 2.71. The van der Waals surface area contributed by atoms with Crippen LogP contribution in [-0.4, -0.2) is 23.5 Å². The molecule has 0 bridgehead atoms. The van der Waals surface area contributed by atoms with Crippen LogP contribution in [0.5, 0.6) is 0 Å². The van der Waals surface area contributed by atoms with Crippen LogP contribution in [0.3, 0.4) is 0 Å². The van der Waals surface area contributed by atoms with Gasteiger partial charge in [0.2, 0.25) is 0 Å². The van der Waals surface area contributed by atoms with Crippen molar-refractivity contribution in [3.05, 3.63) is 76.7 Å². The number of amides is 2. The lowest BCUT2D eigenvalue weighted by molar-refractivity contribution is -0.136. The minimum absolute atomic E-state index is 0.0441. The van der Waals surface area contributed by atoms with E-state index in [0.29, 0.717) is 11.3 Å². The van der Waals surface area contributed by atoms with E-state index in [1.807, 2.05) is 67.8 Å². The minimum atomic E-state index is -0.893. The topological polar surface area (TPSA) is 78.4 Å². The smallest absolute Gasteiger partial charge is 0.313 e. The Morgan fingerprint density at radius 2 is 1.75 bits per heavy atom. The molecule has 28 heavy (non-hydrogen) atoms. The molecule has 0 saturated carbocycles. The van der Waals surface area contributed by atoms with Gasteiger partial charge >= 0.3 is 11.8 Å². The zero-order valence-electron chi connectivity index (χ0n) is 15.7. The molecule has 5 nitrogen and oxygen atoms in total. The molecule has 2 aromatic carbocycles. The van der Waals surface area contributed by atoms with Crippen LogP contribution < -0.4 is 10.6 Å². The van der Waals surface area contributed by atoms with Crippen LogP contribution in [0, 0.1) is 13.8 Å². The van der Waals surface area contributed by atoms with Crippen molar-refractivity contribution < 1.29 is 14.7 Å². The van der Waals surface area contributed by atoms with Crippen LogP contribution in [-0.2, 0) is 9.59 Å². The Hall–Kier alpha value is -2.96. The number of benzene rings is 2. The Kier molecular flexibility index (Phi) is 6.23. The number of aliphatic hydroxyl groups is 1. The number of carbonyl (C=O) groups is 2. The first-order chi connectivity index (χ1) is 13.4. The Labute approximate surface area is 168 Å². The molecular weight excluding hydrogens is 372 g/mol. The summed E-state index contributed by atoms with van der Waals surface area (Å²) in [5, 5.41) is 17.3. The van der Waals surface area contributed by atoms with Gasteiger partial charge in [-0.2, -0.15) is 0 Å². The lowest BCUT2D eigenvalue weighted by Crippen LogP contribution is -2.37. The maximum absolute atomic E-state index is 12.0. The molecule has 0 fully saturated rings. The highest BCUT2D eigenvalue weighted by molar-refractivity contribution is 7.13. The molecule has 0 radical (unpaired) electrons. The number of carbonyl (C=O) groups excluding carboxylic acids is 2. The van der Waals surface area contributed by atoms with E-state index in [4.69, 9.17) is 0 Å². The van der Waals surface area contributed by atoms with Crippen molar-refractivity contribution in [2.45, 2.75) is 20.0 Å². The number of aliphatic hydroxyl groups excluding tert-OH is 1. The third kappa shape index (κ3) is 4.85. The fraction of sp³-hybridized carbons (Fsp3) is 0.182. The molecule has 1 atom stereocenters. The quantitative estimate of drug-likeness (QED) is 0.576. The predicted octanol–water partition coefficient (Wildman–Crippen LogP) is 3.82. The lowest BCUT2D eigenvalue weighted by Gasteiger charge is -2.13. The molecule has 0 aliphatic rings. The van der Waals surface area contributed by atoms with Crippen molar-refractivity contribution in [2.24, 2.45) is 0 Å². The first kappa shape index (κ1) is 19.8.